The Kier molecular flexibility index (Phi) is 5.00. The number of hydrogen-bond acceptors (Lipinski definition) is 3. The summed E-state index contributed by atoms with van der Waals surface area (Å²) in [7, 11) is 1.47. The summed E-state index contributed by atoms with van der Waals surface area (Å²) < 4.78 is 18.7. The number of halogens is 1. The largest absolute Gasteiger partial charge is 0.494 e. The highest BCUT2D eigenvalue weighted by molar-refractivity contribution is 5.31. The minimum Gasteiger partial charge on any atom is -0.494 e. The van der Waals surface area contributed by atoms with E-state index in [0.29, 0.717) is 12.1 Å². The number of hydrogen-bond donors (Lipinski definition) is 1. The fraction of sp³-hybridized carbons (Fsp3) is 0.625. The quantitative estimate of drug-likeness (QED) is 0.900. The lowest BCUT2D eigenvalue weighted by Crippen LogP contribution is -2.39. The van der Waals surface area contributed by atoms with Gasteiger partial charge in [-0.05, 0) is 43.9 Å². The van der Waals surface area contributed by atoms with Gasteiger partial charge in [-0.15, -0.1) is 0 Å². The fourth-order valence-corrected chi connectivity index (χ4v) is 3.14. The van der Waals surface area contributed by atoms with Crippen LogP contribution in [0.5, 0.6) is 5.75 Å². The molecule has 1 aliphatic rings. The molecule has 1 aliphatic heterocycles. The van der Waals surface area contributed by atoms with E-state index in [1.54, 1.807) is 6.07 Å². The Balaban J connectivity index is 2.07. The average molecular weight is 280 g/mol. The second-order valence-corrected chi connectivity index (χ2v) is 5.69. The number of nitrogens with two attached hydrogens (primary N) is 1. The molecule has 1 heterocycles. The van der Waals surface area contributed by atoms with Crippen LogP contribution >= 0.6 is 0 Å². The maximum atomic E-state index is 13.7. The first kappa shape index (κ1) is 15.3. The summed E-state index contributed by atoms with van der Waals surface area (Å²) in [5.74, 6) is -0.0797. The van der Waals surface area contributed by atoms with Crippen LogP contribution in [-0.2, 0) is 0 Å². The van der Waals surface area contributed by atoms with Crippen LogP contribution < -0.4 is 10.5 Å². The normalized spacial score (nSPS) is 24.9. The predicted molar refractivity (Wildman–Crippen MR) is 79.4 cm³/mol. The minimum atomic E-state index is -0.345. The zero-order valence-electron chi connectivity index (χ0n) is 12.6. The molecular weight excluding hydrogens is 255 g/mol. The molecule has 112 valence electrons. The Hall–Kier alpha value is -1.13. The first-order valence-electron chi connectivity index (χ1n) is 7.41. The molecule has 3 nitrogen and oxygen atoms in total. The Bertz CT molecular complexity index is 452. The van der Waals surface area contributed by atoms with E-state index < -0.39 is 0 Å². The van der Waals surface area contributed by atoms with Crippen molar-refractivity contribution in [2.75, 3.05) is 13.7 Å². The number of nitrogens with zero attached hydrogens (tertiary/aromatic N) is 1. The third-order valence-electron chi connectivity index (χ3n) is 4.44. The molecule has 2 rings (SSSR count). The number of benzene rings is 1. The second kappa shape index (κ2) is 6.55. The van der Waals surface area contributed by atoms with Gasteiger partial charge in [0.1, 0.15) is 0 Å². The topological polar surface area (TPSA) is 38.5 Å². The Morgan fingerprint density at radius 2 is 2.20 bits per heavy atom. The third kappa shape index (κ3) is 3.13. The Labute approximate surface area is 120 Å². The summed E-state index contributed by atoms with van der Waals surface area (Å²) >= 11 is 0. The van der Waals surface area contributed by atoms with Crippen LogP contribution in [0, 0.1) is 5.82 Å². The van der Waals surface area contributed by atoms with E-state index in [1.165, 1.54) is 26.0 Å². The van der Waals surface area contributed by atoms with Crippen molar-refractivity contribution < 1.29 is 9.13 Å². The molecule has 3 atom stereocenters. The van der Waals surface area contributed by atoms with Crippen LogP contribution in [0.3, 0.4) is 0 Å². The number of methoxy groups -OCH3 is 1. The van der Waals surface area contributed by atoms with Gasteiger partial charge in [0.05, 0.1) is 7.11 Å². The smallest absolute Gasteiger partial charge is 0.165 e. The molecule has 0 bridgehead atoms. The second-order valence-electron chi connectivity index (χ2n) is 5.69. The van der Waals surface area contributed by atoms with E-state index in [9.17, 15) is 4.39 Å². The average Bonchev–Trinajstić information content (AvgIpc) is 2.79. The van der Waals surface area contributed by atoms with Crippen molar-refractivity contribution in [3.8, 4) is 5.75 Å². The van der Waals surface area contributed by atoms with Gasteiger partial charge in [0.25, 0.3) is 0 Å². The zero-order chi connectivity index (χ0) is 14.7. The van der Waals surface area contributed by atoms with E-state index in [0.717, 1.165) is 18.5 Å². The lowest BCUT2D eigenvalue weighted by atomic mass is 10.1. The van der Waals surface area contributed by atoms with Gasteiger partial charge in [0.2, 0.25) is 0 Å². The molecule has 1 saturated heterocycles. The van der Waals surface area contributed by atoms with Crippen LogP contribution in [0.4, 0.5) is 4.39 Å². The molecule has 0 aromatic heterocycles. The molecule has 0 aliphatic carbocycles. The van der Waals surface area contributed by atoms with Gasteiger partial charge in [-0.2, -0.15) is 0 Å². The van der Waals surface area contributed by atoms with Crippen molar-refractivity contribution in [1.29, 1.82) is 0 Å². The fourth-order valence-electron chi connectivity index (χ4n) is 3.14. The van der Waals surface area contributed by atoms with Crippen molar-refractivity contribution in [1.82, 2.24) is 4.90 Å². The molecule has 20 heavy (non-hydrogen) atoms. The third-order valence-corrected chi connectivity index (χ3v) is 4.44. The molecule has 0 spiro atoms. The first-order chi connectivity index (χ1) is 9.56. The molecule has 2 N–H and O–H groups in total. The van der Waals surface area contributed by atoms with E-state index in [1.807, 2.05) is 6.07 Å². The summed E-state index contributed by atoms with van der Waals surface area (Å²) in [6.45, 7) is 5.25. The molecule has 1 aromatic rings. The maximum absolute atomic E-state index is 13.7. The summed E-state index contributed by atoms with van der Waals surface area (Å²) in [4.78, 5) is 2.47. The summed E-state index contributed by atoms with van der Waals surface area (Å²) in [5, 5.41) is 0. The van der Waals surface area contributed by atoms with Gasteiger partial charge < -0.3 is 10.5 Å². The first-order valence-corrected chi connectivity index (χ1v) is 7.41. The Morgan fingerprint density at radius 3 is 2.80 bits per heavy atom. The minimum absolute atomic E-state index is 0.162. The van der Waals surface area contributed by atoms with E-state index >= 15 is 0 Å². The van der Waals surface area contributed by atoms with Crippen LogP contribution in [0.25, 0.3) is 0 Å². The predicted octanol–water partition coefficient (Wildman–Crippen LogP) is 3.10. The van der Waals surface area contributed by atoms with Crippen LogP contribution in [0.15, 0.2) is 18.2 Å². The van der Waals surface area contributed by atoms with Gasteiger partial charge in [-0.25, -0.2) is 4.39 Å². The van der Waals surface area contributed by atoms with Gasteiger partial charge in [0, 0.05) is 24.7 Å². The number of ether oxygens (including phenoxy) is 1. The van der Waals surface area contributed by atoms with Crippen LogP contribution in [0.1, 0.15) is 44.7 Å². The van der Waals surface area contributed by atoms with Crippen molar-refractivity contribution in [2.45, 2.75) is 51.2 Å². The van der Waals surface area contributed by atoms with Gasteiger partial charge >= 0.3 is 0 Å². The molecule has 1 aromatic carbocycles. The zero-order valence-corrected chi connectivity index (χ0v) is 12.6. The Morgan fingerprint density at radius 1 is 1.45 bits per heavy atom. The monoisotopic (exact) mass is 280 g/mol. The number of rotatable bonds is 5. The summed E-state index contributed by atoms with van der Waals surface area (Å²) in [6, 6.07) is 6.01. The van der Waals surface area contributed by atoms with Gasteiger partial charge in [0.15, 0.2) is 11.6 Å². The van der Waals surface area contributed by atoms with Crippen LogP contribution in [0.2, 0.25) is 0 Å². The standard InChI is InChI=1S/C16H25FN2O/c1-4-13-7-5-11(2)19(13)10-15(18)12-6-8-16(20-3)14(17)9-12/h6,8-9,11,13,15H,4-5,7,10,18H2,1-3H3. The highest BCUT2D eigenvalue weighted by Gasteiger charge is 2.30. The molecule has 0 radical (unpaired) electrons. The lowest BCUT2D eigenvalue weighted by molar-refractivity contribution is 0.186. The maximum Gasteiger partial charge on any atom is 0.165 e. The highest BCUT2D eigenvalue weighted by Crippen LogP contribution is 2.28. The lowest BCUT2D eigenvalue weighted by Gasteiger charge is -2.30. The molecule has 3 unspecified atom stereocenters. The van der Waals surface area contributed by atoms with Gasteiger partial charge in [-0.1, -0.05) is 13.0 Å². The van der Waals surface area contributed by atoms with E-state index in [2.05, 4.69) is 18.7 Å². The summed E-state index contributed by atoms with van der Waals surface area (Å²) in [5.41, 5.74) is 7.10. The number of likely N-dealkylation sites (tertiary alicyclic amines) is 1. The molecule has 1 fully saturated rings. The molecule has 0 amide bonds. The van der Waals surface area contributed by atoms with Gasteiger partial charge in [-0.3, -0.25) is 4.90 Å². The van der Waals surface area contributed by atoms with E-state index in [4.69, 9.17) is 10.5 Å². The highest BCUT2D eigenvalue weighted by atomic mass is 19.1. The molecule has 0 saturated carbocycles. The van der Waals surface area contributed by atoms with Crippen LogP contribution in [-0.4, -0.2) is 30.6 Å². The molecular formula is C16H25FN2O. The van der Waals surface area contributed by atoms with Crippen molar-refractivity contribution in [3.05, 3.63) is 29.6 Å². The SMILES string of the molecule is CCC1CCC(C)N1CC(N)c1ccc(OC)c(F)c1. The van der Waals surface area contributed by atoms with Crippen molar-refractivity contribution in [2.24, 2.45) is 5.73 Å². The summed E-state index contributed by atoms with van der Waals surface area (Å²) in [6.07, 6.45) is 3.61. The van der Waals surface area contributed by atoms with E-state index in [-0.39, 0.29) is 17.6 Å². The molecule has 4 heteroatoms. The van der Waals surface area contributed by atoms with Crippen molar-refractivity contribution in [3.63, 3.8) is 0 Å². The van der Waals surface area contributed by atoms with Crippen molar-refractivity contribution >= 4 is 0 Å².